The van der Waals surface area contributed by atoms with Crippen molar-refractivity contribution in [2.24, 2.45) is 0 Å². The Morgan fingerprint density at radius 3 is 2.73 bits per heavy atom. The number of anilines is 1. The minimum atomic E-state index is -0.358. The number of rotatable bonds is 4. The summed E-state index contributed by atoms with van der Waals surface area (Å²) in [6.07, 6.45) is 3.46. The SMILES string of the molecule is CC(C)(C)NC(=O)c1cc(NC(=O)Cc2ccc3cn[nH]c3c2)ccn1. The highest BCUT2D eigenvalue weighted by Crippen LogP contribution is 2.15. The molecule has 0 saturated heterocycles. The van der Waals surface area contributed by atoms with Crippen LogP contribution in [0.25, 0.3) is 10.9 Å². The average Bonchev–Trinajstić information content (AvgIpc) is 3.01. The monoisotopic (exact) mass is 351 g/mol. The van der Waals surface area contributed by atoms with Crippen LogP contribution >= 0.6 is 0 Å². The van der Waals surface area contributed by atoms with Gasteiger partial charge in [-0.05, 0) is 44.5 Å². The Morgan fingerprint density at radius 1 is 1.15 bits per heavy atom. The van der Waals surface area contributed by atoms with Gasteiger partial charge in [0.1, 0.15) is 5.69 Å². The van der Waals surface area contributed by atoms with Crippen molar-refractivity contribution in [1.82, 2.24) is 20.5 Å². The molecule has 3 aromatic rings. The Morgan fingerprint density at radius 2 is 1.96 bits per heavy atom. The first-order valence-electron chi connectivity index (χ1n) is 8.31. The molecule has 0 aliphatic heterocycles. The predicted molar refractivity (Wildman–Crippen MR) is 99.9 cm³/mol. The first-order valence-corrected chi connectivity index (χ1v) is 8.31. The number of hydrogen-bond donors (Lipinski definition) is 3. The van der Waals surface area contributed by atoms with E-state index in [2.05, 4.69) is 25.8 Å². The van der Waals surface area contributed by atoms with Crippen LogP contribution in [0.1, 0.15) is 36.8 Å². The number of hydrogen-bond acceptors (Lipinski definition) is 4. The lowest BCUT2D eigenvalue weighted by Gasteiger charge is -2.20. The van der Waals surface area contributed by atoms with E-state index in [1.807, 2.05) is 39.0 Å². The third-order valence-corrected chi connectivity index (χ3v) is 3.64. The lowest BCUT2D eigenvalue weighted by atomic mass is 10.1. The van der Waals surface area contributed by atoms with Crippen LogP contribution in [-0.2, 0) is 11.2 Å². The first kappa shape index (κ1) is 17.6. The molecule has 0 aliphatic carbocycles. The van der Waals surface area contributed by atoms with E-state index in [0.29, 0.717) is 5.69 Å². The van der Waals surface area contributed by atoms with E-state index in [-0.39, 0.29) is 29.5 Å². The van der Waals surface area contributed by atoms with E-state index in [4.69, 9.17) is 0 Å². The number of amides is 2. The van der Waals surface area contributed by atoms with Crippen molar-refractivity contribution in [1.29, 1.82) is 0 Å². The van der Waals surface area contributed by atoms with Crippen LogP contribution in [0.3, 0.4) is 0 Å². The highest BCUT2D eigenvalue weighted by atomic mass is 16.2. The summed E-state index contributed by atoms with van der Waals surface area (Å²) in [5, 5.41) is 13.5. The number of pyridine rings is 1. The number of benzene rings is 1. The van der Waals surface area contributed by atoms with Crippen molar-refractivity contribution in [3.05, 3.63) is 54.0 Å². The summed E-state index contributed by atoms with van der Waals surface area (Å²) in [7, 11) is 0. The van der Waals surface area contributed by atoms with Gasteiger partial charge < -0.3 is 10.6 Å². The fraction of sp³-hybridized carbons (Fsp3) is 0.263. The predicted octanol–water partition coefficient (Wildman–Crippen LogP) is 2.67. The average molecular weight is 351 g/mol. The summed E-state index contributed by atoms with van der Waals surface area (Å²) >= 11 is 0. The van der Waals surface area contributed by atoms with Gasteiger partial charge in [0.05, 0.1) is 18.1 Å². The maximum Gasteiger partial charge on any atom is 0.270 e. The number of H-pyrrole nitrogens is 1. The molecule has 0 atom stereocenters. The molecule has 26 heavy (non-hydrogen) atoms. The molecule has 134 valence electrons. The highest BCUT2D eigenvalue weighted by molar-refractivity contribution is 5.96. The number of fused-ring (bicyclic) bond motifs is 1. The van der Waals surface area contributed by atoms with E-state index in [9.17, 15) is 9.59 Å². The maximum atomic E-state index is 12.3. The molecule has 3 rings (SSSR count). The smallest absolute Gasteiger partial charge is 0.270 e. The van der Waals surface area contributed by atoms with Crippen molar-refractivity contribution in [2.75, 3.05) is 5.32 Å². The summed E-state index contributed by atoms with van der Waals surface area (Å²) in [4.78, 5) is 28.6. The van der Waals surface area contributed by atoms with E-state index in [0.717, 1.165) is 16.5 Å². The van der Waals surface area contributed by atoms with E-state index < -0.39 is 0 Å². The largest absolute Gasteiger partial charge is 0.346 e. The van der Waals surface area contributed by atoms with Crippen LogP contribution in [0.4, 0.5) is 5.69 Å². The fourth-order valence-electron chi connectivity index (χ4n) is 2.52. The second-order valence-electron chi connectivity index (χ2n) is 7.15. The molecule has 3 N–H and O–H groups in total. The zero-order valence-corrected chi connectivity index (χ0v) is 15.0. The Kier molecular flexibility index (Phi) is 4.71. The molecule has 0 radical (unpaired) electrons. The lowest BCUT2D eigenvalue weighted by molar-refractivity contribution is -0.115. The van der Waals surface area contributed by atoms with Gasteiger partial charge in [-0.15, -0.1) is 0 Å². The summed E-state index contributed by atoms with van der Waals surface area (Å²) in [6, 6.07) is 8.94. The molecule has 2 heterocycles. The van der Waals surface area contributed by atoms with Gasteiger partial charge in [0.2, 0.25) is 5.91 Å². The van der Waals surface area contributed by atoms with Gasteiger partial charge in [-0.3, -0.25) is 19.7 Å². The molecule has 1 aromatic carbocycles. The summed E-state index contributed by atoms with van der Waals surface area (Å²) < 4.78 is 0. The number of nitrogens with one attached hydrogen (secondary N) is 3. The Labute approximate surface area is 151 Å². The molecule has 0 unspecified atom stereocenters. The van der Waals surface area contributed by atoms with Gasteiger partial charge in [-0.2, -0.15) is 5.10 Å². The summed E-state index contributed by atoms with van der Waals surface area (Å²) in [5.41, 5.74) is 2.20. The molecule has 0 saturated carbocycles. The molecule has 0 bridgehead atoms. The molecular formula is C19H21N5O2. The van der Waals surface area contributed by atoms with Gasteiger partial charge >= 0.3 is 0 Å². The molecule has 2 aromatic heterocycles. The van der Waals surface area contributed by atoms with Gasteiger partial charge in [0.15, 0.2) is 0 Å². The standard InChI is InChI=1S/C19H21N5O2/c1-19(2,3)23-18(26)16-10-14(6-7-20-16)22-17(25)9-12-4-5-13-11-21-24-15(13)8-12/h4-8,10-11H,9H2,1-3H3,(H,21,24)(H,23,26)(H,20,22,25). The van der Waals surface area contributed by atoms with Crippen molar-refractivity contribution in [2.45, 2.75) is 32.7 Å². The van der Waals surface area contributed by atoms with Crippen molar-refractivity contribution in [3.63, 3.8) is 0 Å². The van der Waals surface area contributed by atoms with Gasteiger partial charge in [0, 0.05) is 22.8 Å². The second-order valence-corrected chi connectivity index (χ2v) is 7.15. The Bertz CT molecular complexity index is 956. The normalized spacial score (nSPS) is 11.3. The third-order valence-electron chi connectivity index (χ3n) is 3.64. The van der Waals surface area contributed by atoms with Crippen LogP contribution in [0.5, 0.6) is 0 Å². The molecule has 7 heteroatoms. The van der Waals surface area contributed by atoms with Crippen LogP contribution in [-0.4, -0.2) is 32.5 Å². The van der Waals surface area contributed by atoms with E-state index in [1.54, 1.807) is 18.3 Å². The molecule has 0 fully saturated rings. The quantitative estimate of drug-likeness (QED) is 0.673. The highest BCUT2D eigenvalue weighted by Gasteiger charge is 2.16. The zero-order chi connectivity index (χ0) is 18.7. The second kappa shape index (κ2) is 6.95. The molecule has 0 spiro atoms. The zero-order valence-electron chi connectivity index (χ0n) is 15.0. The number of aromatic nitrogens is 3. The molecule has 2 amide bonds. The first-order chi connectivity index (χ1) is 12.3. The number of nitrogens with zero attached hydrogens (tertiary/aromatic N) is 2. The minimum Gasteiger partial charge on any atom is -0.346 e. The van der Waals surface area contributed by atoms with Gasteiger partial charge in [0.25, 0.3) is 5.91 Å². The Hall–Kier alpha value is -3.22. The minimum absolute atomic E-state index is 0.169. The van der Waals surface area contributed by atoms with Crippen LogP contribution in [0.2, 0.25) is 0 Å². The number of carbonyl (C=O) groups excluding carboxylic acids is 2. The van der Waals surface area contributed by atoms with Gasteiger partial charge in [-0.1, -0.05) is 12.1 Å². The summed E-state index contributed by atoms with van der Waals surface area (Å²) in [6.45, 7) is 5.69. The maximum absolute atomic E-state index is 12.3. The van der Waals surface area contributed by atoms with Crippen LogP contribution in [0, 0.1) is 0 Å². The van der Waals surface area contributed by atoms with Crippen LogP contribution in [0.15, 0.2) is 42.7 Å². The van der Waals surface area contributed by atoms with Crippen LogP contribution < -0.4 is 10.6 Å². The molecule has 0 aliphatic rings. The van der Waals surface area contributed by atoms with E-state index >= 15 is 0 Å². The topological polar surface area (TPSA) is 99.8 Å². The number of aromatic amines is 1. The fourth-order valence-corrected chi connectivity index (χ4v) is 2.52. The molecule has 7 nitrogen and oxygen atoms in total. The van der Waals surface area contributed by atoms with Crippen molar-refractivity contribution in [3.8, 4) is 0 Å². The van der Waals surface area contributed by atoms with Gasteiger partial charge in [-0.25, -0.2) is 0 Å². The number of carbonyl (C=O) groups is 2. The van der Waals surface area contributed by atoms with Crippen molar-refractivity contribution < 1.29 is 9.59 Å². The molecular weight excluding hydrogens is 330 g/mol. The lowest BCUT2D eigenvalue weighted by Crippen LogP contribution is -2.40. The Balaban J connectivity index is 1.67. The van der Waals surface area contributed by atoms with Crippen molar-refractivity contribution >= 4 is 28.4 Å². The van der Waals surface area contributed by atoms with E-state index in [1.165, 1.54) is 6.20 Å². The summed E-state index contributed by atoms with van der Waals surface area (Å²) in [5.74, 6) is -0.449. The third kappa shape index (κ3) is 4.44.